The van der Waals surface area contributed by atoms with E-state index < -0.39 is 11.7 Å². The summed E-state index contributed by atoms with van der Waals surface area (Å²) in [6.07, 6.45) is 1.91. The summed E-state index contributed by atoms with van der Waals surface area (Å²) in [7, 11) is 0. The highest BCUT2D eigenvalue weighted by molar-refractivity contribution is 5.92. The molecule has 0 unspecified atom stereocenters. The molecule has 1 heterocycles. The largest absolute Gasteiger partial charge is 0.418 e. The van der Waals surface area contributed by atoms with Gasteiger partial charge in [0.25, 0.3) is 0 Å². The number of carbonyl (C=O) groups is 1. The second-order valence-corrected chi connectivity index (χ2v) is 8.41. The molecule has 0 spiro atoms. The van der Waals surface area contributed by atoms with Gasteiger partial charge in [-0.2, -0.15) is 13.2 Å². The van der Waals surface area contributed by atoms with Gasteiger partial charge in [0.05, 0.1) is 11.3 Å². The third-order valence-corrected chi connectivity index (χ3v) is 6.33. The Morgan fingerprint density at radius 3 is 2.53 bits per heavy atom. The number of benzene rings is 2. The van der Waals surface area contributed by atoms with E-state index in [1.54, 1.807) is 6.07 Å². The summed E-state index contributed by atoms with van der Waals surface area (Å²) in [4.78, 5) is 14.2. The topological polar surface area (TPSA) is 32.3 Å². The van der Waals surface area contributed by atoms with Gasteiger partial charge in [0, 0.05) is 25.2 Å². The average molecular weight is 416 g/mol. The molecule has 30 heavy (non-hydrogen) atoms. The molecule has 4 rings (SSSR count). The Labute approximate surface area is 175 Å². The molecule has 0 bridgehead atoms. The molecule has 3 nitrogen and oxygen atoms in total. The highest BCUT2D eigenvalue weighted by Gasteiger charge is 2.35. The van der Waals surface area contributed by atoms with Crippen LogP contribution in [0.15, 0.2) is 42.5 Å². The first-order valence-corrected chi connectivity index (χ1v) is 10.7. The average Bonchev–Trinajstić information content (AvgIpc) is 3.25. The van der Waals surface area contributed by atoms with E-state index in [1.807, 2.05) is 23.1 Å². The summed E-state index contributed by atoms with van der Waals surface area (Å²) >= 11 is 0. The molecule has 1 aliphatic carbocycles. The second-order valence-electron chi connectivity index (χ2n) is 8.41. The molecule has 2 aromatic rings. The van der Waals surface area contributed by atoms with Gasteiger partial charge in [0.2, 0.25) is 5.91 Å². The van der Waals surface area contributed by atoms with Crippen LogP contribution in [0.5, 0.6) is 0 Å². The molecule has 1 amide bonds. The van der Waals surface area contributed by atoms with E-state index in [-0.39, 0.29) is 18.0 Å². The monoisotopic (exact) mass is 416 g/mol. The van der Waals surface area contributed by atoms with Crippen molar-refractivity contribution in [3.63, 3.8) is 0 Å². The summed E-state index contributed by atoms with van der Waals surface area (Å²) in [5, 5.41) is 2.51. The maximum atomic E-state index is 13.7. The molecule has 2 aromatic carbocycles. The summed E-state index contributed by atoms with van der Waals surface area (Å²) in [6.45, 7) is 1.25. The zero-order valence-corrected chi connectivity index (χ0v) is 17.0. The third kappa shape index (κ3) is 4.79. The molecule has 1 saturated carbocycles. The van der Waals surface area contributed by atoms with Gasteiger partial charge in [0.1, 0.15) is 0 Å². The van der Waals surface area contributed by atoms with Crippen molar-refractivity contribution < 1.29 is 18.0 Å². The third-order valence-electron chi connectivity index (χ3n) is 6.33. The Bertz CT molecular complexity index is 904. The zero-order valence-electron chi connectivity index (χ0n) is 17.0. The molecule has 1 aliphatic heterocycles. The normalized spacial score (nSPS) is 17.1. The van der Waals surface area contributed by atoms with Crippen LogP contribution in [-0.2, 0) is 23.9 Å². The number of nitrogens with one attached hydrogen (secondary N) is 1. The van der Waals surface area contributed by atoms with Crippen molar-refractivity contribution in [1.82, 2.24) is 0 Å². The summed E-state index contributed by atoms with van der Waals surface area (Å²) in [5.74, 6) is 0.189. The number of halogens is 3. The number of carbonyl (C=O) groups excluding carboxylic acids is 1. The smallest absolute Gasteiger partial charge is 0.367 e. The van der Waals surface area contributed by atoms with Crippen LogP contribution in [0, 0.1) is 5.92 Å². The van der Waals surface area contributed by atoms with Gasteiger partial charge < -0.3 is 10.2 Å². The number of anilines is 2. The lowest BCUT2D eigenvalue weighted by molar-refractivity contribution is -0.136. The molecule has 160 valence electrons. The number of alkyl halides is 3. The molecule has 0 saturated heterocycles. The van der Waals surface area contributed by atoms with Gasteiger partial charge in [-0.05, 0) is 48.1 Å². The number of fused-ring (bicyclic) bond motifs is 1. The Hall–Kier alpha value is -2.50. The first kappa shape index (κ1) is 20.8. The number of hydrogen-bond donors (Lipinski definition) is 1. The highest BCUT2D eigenvalue weighted by atomic mass is 19.4. The van der Waals surface area contributed by atoms with Crippen LogP contribution in [0.2, 0.25) is 0 Å². The minimum absolute atomic E-state index is 0.153. The van der Waals surface area contributed by atoms with Gasteiger partial charge in [-0.1, -0.05) is 49.9 Å². The summed E-state index contributed by atoms with van der Waals surface area (Å²) in [6, 6.07) is 12.3. The van der Waals surface area contributed by atoms with Gasteiger partial charge >= 0.3 is 6.18 Å². The summed E-state index contributed by atoms with van der Waals surface area (Å²) < 4.78 is 41.2. The Balaban J connectivity index is 1.49. The van der Waals surface area contributed by atoms with E-state index in [9.17, 15) is 18.0 Å². The Kier molecular flexibility index (Phi) is 6.02. The summed E-state index contributed by atoms with van der Waals surface area (Å²) in [5.41, 5.74) is 1.98. The highest BCUT2D eigenvalue weighted by Crippen LogP contribution is 2.38. The van der Waals surface area contributed by atoms with Crippen LogP contribution in [0.4, 0.5) is 24.5 Å². The van der Waals surface area contributed by atoms with E-state index in [1.165, 1.54) is 30.5 Å². The second kappa shape index (κ2) is 8.70. The predicted molar refractivity (Wildman–Crippen MR) is 112 cm³/mol. The number of nitrogens with zero attached hydrogens (tertiary/aromatic N) is 1. The van der Waals surface area contributed by atoms with Crippen LogP contribution in [-0.4, -0.2) is 12.5 Å². The molecule has 6 heteroatoms. The quantitative estimate of drug-likeness (QED) is 0.631. The standard InChI is InChI=1S/C24H27F3N2O/c25-24(26,27)21-15-20(29-14-13-18-7-3-4-8-19(18)16-29)10-11-22(21)28-23(30)12-9-17-5-1-2-6-17/h3-4,7-8,10-11,15,17H,1-2,5-6,9,12-14,16H2,(H,28,30). The fourth-order valence-electron chi connectivity index (χ4n) is 4.64. The molecule has 0 atom stereocenters. The van der Waals surface area contributed by atoms with Crippen LogP contribution in [0.25, 0.3) is 0 Å². The molecular weight excluding hydrogens is 389 g/mol. The predicted octanol–water partition coefficient (Wildman–Crippen LogP) is 6.18. The van der Waals surface area contributed by atoms with Gasteiger partial charge in [-0.25, -0.2) is 0 Å². The van der Waals surface area contributed by atoms with Crippen LogP contribution in [0.3, 0.4) is 0 Å². The van der Waals surface area contributed by atoms with E-state index >= 15 is 0 Å². The molecule has 1 fully saturated rings. The molecule has 0 aromatic heterocycles. The van der Waals surface area contributed by atoms with Crippen molar-refractivity contribution in [1.29, 1.82) is 0 Å². The maximum Gasteiger partial charge on any atom is 0.418 e. The maximum absolute atomic E-state index is 13.7. The number of amides is 1. The van der Waals surface area contributed by atoms with Crippen molar-refractivity contribution in [2.75, 3.05) is 16.8 Å². The van der Waals surface area contributed by atoms with Crippen LogP contribution < -0.4 is 10.2 Å². The SMILES string of the molecule is O=C(CCC1CCCC1)Nc1ccc(N2CCc3ccccc3C2)cc1C(F)(F)F. The first-order valence-electron chi connectivity index (χ1n) is 10.7. The minimum atomic E-state index is -4.53. The van der Waals surface area contributed by atoms with Crippen molar-refractivity contribution in [2.24, 2.45) is 5.92 Å². The zero-order chi connectivity index (χ0) is 21.1. The Morgan fingerprint density at radius 2 is 1.80 bits per heavy atom. The minimum Gasteiger partial charge on any atom is -0.367 e. The molecule has 2 aliphatic rings. The van der Waals surface area contributed by atoms with Crippen LogP contribution in [0.1, 0.15) is 55.2 Å². The van der Waals surface area contributed by atoms with E-state index in [0.29, 0.717) is 24.7 Å². The van der Waals surface area contributed by atoms with E-state index in [2.05, 4.69) is 11.4 Å². The fourth-order valence-corrected chi connectivity index (χ4v) is 4.64. The first-order chi connectivity index (χ1) is 14.4. The van der Waals surface area contributed by atoms with Crippen molar-refractivity contribution >= 4 is 17.3 Å². The van der Waals surface area contributed by atoms with Gasteiger partial charge in [-0.15, -0.1) is 0 Å². The van der Waals surface area contributed by atoms with Crippen LogP contribution >= 0.6 is 0 Å². The number of rotatable bonds is 5. The lowest BCUT2D eigenvalue weighted by Crippen LogP contribution is -2.30. The van der Waals surface area contributed by atoms with Gasteiger partial charge in [-0.3, -0.25) is 4.79 Å². The van der Waals surface area contributed by atoms with Crippen molar-refractivity contribution in [2.45, 2.75) is 57.7 Å². The van der Waals surface area contributed by atoms with Gasteiger partial charge in [0.15, 0.2) is 0 Å². The van der Waals surface area contributed by atoms with E-state index in [0.717, 1.165) is 31.2 Å². The molecule has 1 N–H and O–H groups in total. The fraction of sp³-hybridized carbons (Fsp3) is 0.458. The van der Waals surface area contributed by atoms with Crippen molar-refractivity contribution in [3.05, 3.63) is 59.2 Å². The lowest BCUT2D eigenvalue weighted by atomic mass is 9.99. The number of hydrogen-bond acceptors (Lipinski definition) is 2. The van der Waals surface area contributed by atoms with Crippen molar-refractivity contribution in [3.8, 4) is 0 Å². The molecular formula is C24H27F3N2O. The molecule has 0 radical (unpaired) electrons. The Morgan fingerprint density at radius 1 is 1.07 bits per heavy atom. The van der Waals surface area contributed by atoms with E-state index in [4.69, 9.17) is 0 Å². The lowest BCUT2D eigenvalue weighted by Gasteiger charge is -2.31.